The van der Waals surface area contributed by atoms with Crippen LogP contribution in [-0.4, -0.2) is 21.2 Å². The van der Waals surface area contributed by atoms with Gasteiger partial charge < -0.3 is 0 Å². The van der Waals surface area contributed by atoms with Gasteiger partial charge in [-0.1, -0.05) is 0 Å². The second-order valence-electron chi connectivity index (χ2n) is 1.73. The molecular weight excluding hydrogens is 166 g/mol. The van der Waals surface area contributed by atoms with E-state index in [4.69, 9.17) is 0 Å². The van der Waals surface area contributed by atoms with Crippen LogP contribution in [0, 0.1) is 0 Å². The summed E-state index contributed by atoms with van der Waals surface area (Å²) in [4.78, 5) is 3.11. The van der Waals surface area contributed by atoms with Gasteiger partial charge in [-0.3, -0.25) is 0 Å². The van der Waals surface area contributed by atoms with E-state index in [1.807, 2.05) is 0 Å². The van der Waals surface area contributed by atoms with Crippen LogP contribution < -0.4 is 0 Å². The third-order valence-electron chi connectivity index (χ3n) is 0.987. The van der Waals surface area contributed by atoms with Crippen LogP contribution in [0.2, 0.25) is 0 Å². The van der Waals surface area contributed by atoms with Crippen LogP contribution in [0.25, 0.3) is 0 Å². The quantitative estimate of drug-likeness (QED) is 0.620. The minimum Gasteiger partial charge on any atom is -0.223 e. The van der Waals surface area contributed by atoms with E-state index in [-0.39, 0.29) is 4.68 Å². The molecule has 0 spiro atoms. The van der Waals surface area contributed by atoms with Crippen molar-refractivity contribution in [1.29, 1.82) is 0 Å². The van der Waals surface area contributed by atoms with Crippen LogP contribution >= 0.6 is 0 Å². The fourth-order valence-corrected chi connectivity index (χ4v) is 0.462. The number of hydrogen-bond acceptors (Lipinski definition) is 2. The van der Waals surface area contributed by atoms with Crippen molar-refractivity contribution in [2.24, 2.45) is 0 Å². The second kappa shape index (κ2) is 2.48. The second-order valence-corrected chi connectivity index (χ2v) is 1.73. The summed E-state index contributed by atoms with van der Waals surface area (Å²) < 4.78 is 47.3. The molecule has 0 aliphatic carbocycles. The molecule has 1 aromatic rings. The summed E-state index contributed by atoms with van der Waals surface area (Å²) in [5.74, 6) is 0. The summed E-state index contributed by atoms with van der Waals surface area (Å²) >= 11 is 0. The molecule has 0 aliphatic heterocycles. The lowest BCUT2D eigenvalue weighted by Crippen LogP contribution is -2.31. The lowest BCUT2D eigenvalue weighted by molar-refractivity contribution is -0.196. The van der Waals surface area contributed by atoms with Gasteiger partial charge in [-0.05, 0) is 0 Å². The van der Waals surface area contributed by atoms with Crippen molar-refractivity contribution in [2.45, 2.75) is 12.5 Å². The van der Waals surface area contributed by atoms with Crippen molar-refractivity contribution in [2.75, 3.05) is 0 Å². The van der Waals surface area contributed by atoms with Crippen LogP contribution in [0.4, 0.5) is 17.6 Å². The Morgan fingerprint density at radius 1 is 1.36 bits per heavy atom. The molecule has 0 fully saturated rings. The predicted molar refractivity (Wildman–Crippen MR) is 26.2 cm³/mol. The Kier molecular flexibility index (Phi) is 1.79. The smallest absolute Gasteiger partial charge is 0.223 e. The largest absolute Gasteiger partial charge is 0.404 e. The molecule has 0 aliphatic rings. The molecule has 0 unspecified atom stereocenters. The van der Waals surface area contributed by atoms with E-state index in [1.165, 1.54) is 0 Å². The number of nitrogens with zero attached hydrogens (tertiary/aromatic N) is 3. The summed E-state index contributed by atoms with van der Waals surface area (Å²) in [7, 11) is 0. The van der Waals surface area contributed by atoms with Crippen molar-refractivity contribution >= 4 is 0 Å². The molecule has 1 heterocycles. The summed E-state index contributed by atoms with van der Waals surface area (Å²) in [6, 6.07) is -4.27. The van der Waals surface area contributed by atoms with E-state index in [2.05, 4.69) is 10.1 Å². The Bertz CT molecular complexity index is 219. The average molecular weight is 169 g/mol. The Labute approximate surface area is 58.7 Å². The van der Waals surface area contributed by atoms with Crippen LogP contribution in [0.5, 0.6) is 0 Å². The molecule has 0 atom stereocenters. The van der Waals surface area contributed by atoms with Gasteiger partial charge >= 0.3 is 12.5 Å². The lowest BCUT2D eigenvalue weighted by atomic mass is 10.6. The summed E-state index contributed by atoms with van der Waals surface area (Å²) in [6.45, 7) is 0. The maximum Gasteiger partial charge on any atom is 0.404 e. The lowest BCUT2D eigenvalue weighted by Gasteiger charge is -2.13. The zero-order valence-corrected chi connectivity index (χ0v) is 5.09. The van der Waals surface area contributed by atoms with Gasteiger partial charge in [0.05, 0.1) is 0 Å². The minimum atomic E-state index is -4.27. The Hall–Kier alpha value is -1.14. The molecule has 0 saturated carbocycles. The molecule has 0 saturated heterocycles. The van der Waals surface area contributed by atoms with Gasteiger partial charge in [-0.15, -0.1) is 0 Å². The first-order valence-corrected chi connectivity index (χ1v) is 2.56. The molecule has 0 N–H and O–H groups in total. The number of halogens is 4. The third-order valence-corrected chi connectivity index (χ3v) is 0.987. The number of alkyl halides is 4. The predicted octanol–water partition coefficient (Wildman–Crippen LogP) is 1.09. The van der Waals surface area contributed by atoms with Gasteiger partial charge in [0.25, 0.3) is 0 Å². The standard InChI is InChI=1S/C4H3F4N3/c5-3(6)4(7,8)11-2-9-1-10-11/h1-3H. The Morgan fingerprint density at radius 3 is 2.36 bits per heavy atom. The van der Waals surface area contributed by atoms with E-state index < -0.39 is 12.5 Å². The molecule has 3 nitrogen and oxygen atoms in total. The molecule has 1 aromatic heterocycles. The van der Waals surface area contributed by atoms with E-state index in [9.17, 15) is 17.6 Å². The maximum atomic E-state index is 12.2. The van der Waals surface area contributed by atoms with Gasteiger partial charge in [-0.25, -0.2) is 13.8 Å². The molecule has 0 amide bonds. The van der Waals surface area contributed by atoms with Crippen LogP contribution in [0.1, 0.15) is 0 Å². The SMILES string of the molecule is FC(F)C(F)(F)n1cncn1. The number of rotatable bonds is 2. The van der Waals surface area contributed by atoms with Crippen molar-refractivity contribution in [3.05, 3.63) is 12.7 Å². The van der Waals surface area contributed by atoms with Crippen molar-refractivity contribution in [3.63, 3.8) is 0 Å². The van der Waals surface area contributed by atoms with Gasteiger partial charge in [0, 0.05) is 0 Å². The molecular formula is C4H3F4N3. The van der Waals surface area contributed by atoms with Crippen molar-refractivity contribution in [1.82, 2.24) is 14.8 Å². The van der Waals surface area contributed by atoms with E-state index in [0.29, 0.717) is 6.33 Å². The fourth-order valence-electron chi connectivity index (χ4n) is 0.462. The van der Waals surface area contributed by atoms with Gasteiger partial charge in [0.1, 0.15) is 12.7 Å². The monoisotopic (exact) mass is 169 g/mol. The highest BCUT2D eigenvalue weighted by atomic mass is 19.3. The highest BCUT2D eigenvalue weighted by Gasteiger charge is 2.43. The van der Waals surface area contributed by atoms with Gasteiger partial charge in [-0.2, -0.15) is 18.6 Å². The molecule has 1 rings (SSSR count). The number of hydrogen-bond donors (Lipinski definition) is 0. The molecule has 62 valence electrons. The zero-order valence-electron chi connectivity index (χ0n) is 5.09. The van der Waals surface area contributed by atoms with Crippen molar-refractivity contribution in [3.8, 4) is 0 Å². The van der Waals surface area contributed by atoms with Crippen LogP contribution in [0.3, 0.4) is 0 Å². The molecule has 0 bridgehead atoms. The third kappa shape index (κ3) is 1.31. The summed E-state index contributed by atoms with van der Waals surface area (Å²) in [5.41, 5.74) is 0. The highest BCUT2D eigenvalue weighted by Crippen LogP contribution is 2.26. The van der Waals surface area contributed by atoms with E-state index in [1.54, 1.807) is 0 Å². The van der Waals surface area contributed by atoms with Crippen molar-refractivity contribution < 1.29 is 17.6 Å². The van der Waals surface area contributed by atoms with Crippen LogP contribution in [0.15, 0.2) is 12.7 Å². The fraction of sp³-hybridized carbons (Fsp3) is 0.500. The highest BCUT2D eigenvalue weighted by molar-refractivity contribution is 4.68. The molecule has 11 heavy (non-hydrogen) atoms. The summed E-state index contributed by atoms with van der Waals surface area (Å²) in [6.07, 6.45) is -2.48. The first kappa shape index (κ1) is 7.96. The first-order chi connectivity index (χ1) is 5.05. The molecule has 0 aromatic carbocycles. The molecule has 7 heteroatoms. The van der Waals surface area contributed by atoms with Gasteiger partial charge in [0.15, 0.2) is 0 Å². The van der Waals surface area contributed by atoms with E-state index in [0.717, 1.165) is 6.33 Å². The maximum absolute atomic E-state index is 12.2. The Balaban J connectivity index is 2.90. The molecule has 0 radical (unpaired) electrons. The van der Waals surface area contributed by atoms with Crippen LogP contribution in [-0.2, 0) is 6.05 Å². The normalized spacial score (nSPS) is 12.5. The Morgan fingerprint density at radius 2 is 2.00 bits per heavy atom. The van der Waals surface area contributed by atoms with E-state index >= 15 is 0 Å². The first-order valence-electron chi connectivity index (χ1n) is 2.56. The number of aromatic nitrogens is 3. The van der Waals surface area contributed by atoms with Gasteiger partial charge in [0.2, 0.25) is 0 Å². The minimum absolute atomic E-state index is 0.183. The zero-order chi connectivity index (χ0) is 8.48. The summed E-state index contributed by atoms with van der Waals surface area (Å²) in [5, 5.41) is 2.88. The topological polar surface area (TPSA) is 30.7 Å². The average Bonchev–Trinajstić information content (AvgIpc) is 2.37.